The van der Waals surface area contributed by atoms with E-state index in [0.717, 1.165) is 28.9 Å². The number of nitrogens with zero attached hydrogens (tertiary/aromatic N) is 1. The van der Waals surface area contributed by atoms with Crippen LogP contribution in [0.3, 0.4) is 0 Å². The van der Waals surface area contributed by atoms with Crippen LogP contribution >= 0.6 is 12.2 Å². The highest BCUT2D eigenvalue weighted by atomic mass is 32.1. The Kier molecular flexibility index (Phi) is 5.37. The lowest BCUT2D eigenvalue weighted by atomic mass is 10.0. The minimum atomic E-state index is -0.500. The van der Waals surface area contributed by atoms with Crippen molar-refractivity contribution in [3.63, 3.8) is 0 Å². The molecule has 1 aliphatic rings. The number of rotatable bonds is 4. The second kappa shape index (κ2) is 7.72. The van der Waals surface area contributed by atoms with Crippen LogP contribution in [0.4, 0.5) is 5.69 Å². The van der Waals surface area contributed by atoms with E-state index >= 15 is 0 Å². The Labute approximate surface area is 163 Å². The normalized spacial score (nSPS) is 15.9. The van der Waals surface area contributed by atoms with E-state index in [0.29, 0.717) is 5.69 Å². The van der Waals surface area contributed by atoms with Gasteiger partial charge in [-0.1, -0.05) is 25.1 Å². The predicted molar refractivity (Wildman–Crippen MR) is 110 cm³/mol. The number of benzene rings is 2. The molecule has 0 radical (unpaired) electrons. The summed E-state index contributed by atoms with van der Waals surface area (Å²) in [4.78, 5) is 26.7. The molecule has 6 heteroatoms. The van der Waals surface area contributed by atoms with E-state index in [1.54, 1.807) is 25.3 Å². The number of carbonyl (C=O) groups excluding carboxylic acids is 2. The van der Waals surface area contributed by atoms with E-state index in [-0.39, 0.29) is 10.7 Å². The highest BCUT2D eigenvalue weighted by Gasteiger charge is 2.34. The van der Waals surface area contributed by atoms with Crippen LogP contribution in [0, 0.1) is 6.92 Å². The Morgan fingerprint density at radius 3 is 2.44 bits per heavy atom. The lowest BCUT2D eigenvalue weighted by Crippen LogP contribution is -2.54. The number of hydrogen-bond donors (Lipinski definition) is 1. The maximum Gasteiger partial charge on any atom is 0.270 e. The average Bonchev–Trinajstić information content (AvgIpc) is 2.65. The number of carbonyl (C=O) groups is 2. The third-order valence-electron chi connectivity index (χ3n) is 4.43. The summed E-state index contributed by atoms with van der Waals surface area (Å²) >= 11 is 5.23. The summed E-state index contributed by atoms with van der Waals surface area (Å²) in [6.45, 7) is 3.96. The molecule has 0 aromatic heterocycles. The molecule has 2 amide bonds. The van der Waals surface area contributed by atoms with E-state index in [1.165, 1.54) is 4.90 Å². The van der Waals surface area contributed by atoms with Gasteiger partial charge in [-0.05, 0) is 72.6 Å². The molecule has 1 heterocycles. The molecule has 1 fully saturated rings. The van der Waals surface area contributed by atoms with E-state index in [9.17, 15) is 9.59 Å². The number of amides is 2. The number of ether oxygens (including phenoxy) is 1. The van der Waals surface area contributed by atoms with Gasteiger partial charge in [0.15, 0.2) is 5.11 Å². The van der Waals surface area contributed by atoms with Crippen LogP contribution in [-0.2, 0) is 16.0 Å². The summed E-state index contributed by atoms with van der Waals surface area (Å²) in [5, 5.41) is 2.68. The van der Waals surface area contributed by atoms with Crippen molar-refractivity contribution in [2.45, 2.75) is 20.3 Å². The molecule has 2 aromatic rings. The molecule has 2 aromatic carbocycles. The third-order valence-corrected chi connectivity index (χ3v) is 4.72. The molecule has 0 bridgehead atoms. The molecule has 0 unspecified atom stereocenters. The minimum Gasteiger partial charge on any atom is -0.496 e. The van der Waals surface area contributed by atoms with Gasteiger partial charge >= 0.3 is 0 Å². The van der Waals surface area contributed by atoms with Crippen molar-refractivity contribution in [3.8, 4) is 5.75 Å². The van der Waals surface area contributed by atoms with Crippen LogP contribution in [0.15, 0.2) is 48.0 Å². The van der Waals surface area contributed by atoms with E-state index in [1.807, 2.05) is 37.3 Å². The number of anilines is 1. The van der Waals surface area contributed by atoms with Crippen molar-refractivity contribution in [1.29, 1.82) is 0 Å². The fourth-order valence-corrected chi connectivity index (χ4v) is 3.21. The first-order valence-corrected chi connectivity index (χ1v) is 9.00. The first-order chi connectivity index (χ1) is 12.9. The van der Waals surface area contributed by atoms with Crippen molar-refractivity contribution in [2.75, 3.05) is 12.0 Å². The molecular formula is C21H20N2O3S. The molecule has 0 saturated carbocycles. The van der Waals surface area contributed by atoms with Gasteiger partial charge in [-0.15, -0.1) is 0 Å². The highest BCUT2D eigenvalue weighted by Crippen LogP contribution is 2.24. The lowest BCUT2D eigenvalue weighted by molar-refractivity contribution is -0.122. The summed E-state index contributed by atoms with van der Waals surface area (Å²) in [6, 6.07) is 13.0. The second-order valence-corrected chi connectivity index (χ2v) is 6.59. The summed E-state index contributed by atoms with van der Waals surface area (Å²) in [5.74, 6) is -0.197. The van der Waals surface area contributed by atoms with Crippen molar-refractivity contribution in [1.82, 2.24) is 5.32 Å². The summed E-state index contributed by atoms with van der Waals surface area (Å²) < 4.78 is 5.25. The minimum absolute atomic E-state index is 0.0349. The topological polar surface area (TPSA) is 58.6 Å². The smallest absolute Gasteiger partial charge is 0.270 e. The molecule has 5 nitrogen and oxygen atoms in total. The van der Waals surface area contributed by atoms with Gasteiger partial charge < -0.3 is 4.74 Å². The zero-order valence-corrected chi connectivity index (χ0v) is 16.2. The van der Waals surface area contributed by atoms with Gasteiger partial charge in [0, 0.05) is 0 Å². The monoisotopic (exact) mass is 380 g/mol. The van der Waals surface area contributed by atoms with Gasteiger partial charge in [0.05, 0.1) is 12.8 Å². The number of hydrogen-bond acceptors (Lipinski definition) is 4. The van der Waals surface area contributed by atoms with Crippen LogP contribution in [0.25, 0.3) is 6.08 Å². The lowest BCUT2D eigenvalue weighted by Gasteiger charge is -2.29. The summed E-state index contributed by atoms with van der Waals surface area (Å²) in [5.41, 5.74) is 3.47. The number of nitrogens with one attached hydrogen (secondary N) is 1. The van der Waals surface area contributed by atoms with Crippen LogP contribution < -0.4 is 15.0 Å². The fraction of sp³-hybridized carbons (Fsp3) is 0.190. The van der Waals surface area contributed by atoms with Gasteiger partial charge in [-0.2, -0.15) is 0 Å². The highest BCUT2D eigenvalue weighted by molar-refractivity contribution is 7.80. The van der Waals surface area contributed by atoms with Crippen molar-refractivity contribution in [2.24, 2.45) is 0 Å². The zero-order chi connectivity index (χ0) is 19.6. The van der Waals surface area contributed by atoms with Gasteiger partial charge in [-0.25, -0.2) is 0 Å². The molecule has 1 N–H and O–H groups in total. The first kappa shape index (κ1) is 18.8. The van der Waals surface area contributed by atoms with E-state index in [2.05, 4.69) is 12.2 Å². The van der Waals surface area contributed by atoms with Crippen LogP contribution in [-0.4, -0.2) is 24.0 Å². The summed E-state index contributed by atoms with van der Waals surface area (Å²) in [6.07, 6.45) is 2.47. The maximum atomic E-state index is 13.0. The second-order valence-electron chi connectivity index (χ2n) is 6.21. The van der Waals surface area contributed by atoms with Crippen molar-refractivity contribution < 1.29 is 14.3 Å². The summed E-state index contributed by atoms with van der Waals surface area (Å²) in [7, 11) is 1.60. The number of methoxy groups -OCH3 is 1. The standard InChI is InChI=1S/C21H20N2O3S/c1-4-14-5-8-16(9-6-14)23-20(25)17(19(24)22-21(23)27)12-15-7-10-18(26-3)13(2)11-15/h5-12H,4H2,1-3H3,(H,22,24,27)/b17-12+. The molecule has 1 aliphatic heterocycles. The first-order valence-electron chi connectivity index (χ1n) is 8.59. The molecule has 0 atom stereocenters. The van der Waals surface area contributed by atoms with Crippen LogP contribution in [0.2, 0.25) is 0 Å². The molecule has 3 rings (SSSR count). The average molecular weight is 380 g/mol. The maximum absolute atomic E-state index is 13.0. The molecule has 1 saturated heterocycles. The van der Waals surface area contributed by atoms with Crippen molar-refractivity contribution in [3.05, 3.63) is 64.7 Å². The van der Waals surface area contributed by atoms with Gasteiger partial charge in [0.1, 0.15) is 11.3 Å². The van der Waals surface area contributed by atoms with E-state index in [4.69, 9.17) is 17.0 Å². The van der Waals surface area contributed by atoms with Gasteiger partial charge in [-0.3, -0.25) is 19.8 Å². The number of aryl methyl sites for hydroxylation is 2. The zero-order valence-electron chi connectivity index (χ0n) is 15.4. The Bertz CT molecular complexity index is 948. The molecule has 27 heavy (non-hydrogen) atoms. The van der Waals surface area contributed by atoms with Gasteiger partial charge in [0.25, 0.3) is 11.8 Å². The molecule has 0 aliphatic carbocycles. The van der Waals surface area contributed by atoms with Crippen LogP contribution in [0.1, 0.15) is 23.6 Å². The Hall–Kier alpha value is -2.99. The van der Waals surface area contributed by atoms with E-state index < -0.39 is 11.8 Å². The third kappa shape index (κ3) is 3.75. The Balaban J connectivity index is 1.97. The largest absolute Gasteiger partial charge is 0.496 e. The molecule has 0 spiro atoms. The van der Waals surface area contributed by atoms with Gasteiger partial charge in [0.2, 0.25) is 0 Å². The molecule has 138 valence electrons. The Morgan fingerprint density at radius 2 is 1.85 bits per heavy atom. The predicted octanol–water partition coefficient (Wildman–Crippen LogP) is 3.40. The fourth-order valence-electron chi connectivity index (χ4n) is 2.93. The van der Waals surface area contributed by atoms with Crippen molar-refractivity contribution >= 4 is 40.9 Å². The SMILES string of the molecule is CCc1ccc(N2C(=O)/C(=C/c3ccc(OC)c(C)c3)C(=O)NC2=S)cc1. The number of thiocarbonyl (C=S) groups is 1. The Morgan fingerprint density at radius 1 is 1.15 bits per heavy atom. The molecular weight excluding hydrogens is 360 g/mol. The van der Waals surface area contributed by atoms with Crippen LogP contribution in [0.5, 0.6) is 5.75 Å². The quantitative estimate of drug-likeness (QED) is 0.502.